The van der Waals surface area contributed by atoms with E-state index in [0.29, 0.717) is 4.75 Å². The first-order valence-corrected chi connectivity index (χ1v) is 7.01. The van der Waals surface area contributed by atoms with Crippen LogP contribution in [0, 0.1) is 0 Å². The fourth-order valence-electron chi connectivity index (χ4n) is 2.38. The Kier molecular flexibility index (Phi) is 3.74. The van der Waals surface area contributed by atoms with E-state index in [2.05, 4.69) is 49.0 Å². The van der Waals surface area contributed by atoms with Crippen molar-refractivity contribution in [2.75, 3.05) is 5.75 Å². The van der Waals surface area contributed by atoms with Crippen molar-refractivity contribution in [1.29, 1.82) is 0 Å². The highest BCUT2D eigenvalue weighted by Crippen LogP contribution is 2.47. The number of hydrogen-bond acceptors (Lipinski definition) is 1. The quantitative estimate of drug-likeness (QED) is 0.713. The Morgan fingerprint density at radius 3 is 2.47 bits per heavy atom. The largest absolute Gasteiger partial charge is 0.155 e. The predicted octanol–water partition coefficient (Wildman–Crippen LogP) is 4.30. The highest BCUT2D eigenvalue weighted by molar-refractivity contribution is 8.02. The molecule has 0 saturated carbocycles. The number of benzene rings is 1. The molecule has 1 unspecified atom stereocenters. The smallest absolute Gasteiger partial charge is 0.0171 e. The molecule has 1 fully saturated rings. The Morgan fingerprint density at radius 1 is 1.20 bits per heavy atom. The maximum atomic E-state index is 2.31. The summed E-state index contributed by atoms with van der Waals surface area (Å²) in [6.07, 6.45) is 6.81. The van der Waals surface area contributed by atoms with Gasteiger partial charge in [0, 0.05) is 4.75 Å². The molecule has 82 valence electrons. The molecule has 0 radical (unpaired) electrons. The van der Waals surface area contributed by atoms with Gasteiger partial charge in [-0.05, 0) is 37.0 Å². The van der Waals surface area contributed by atoms with E-state index in [-0.39, 0.29) is 0 Å². The van der Waals surface area contributed by atoms with Crippen molar-refractivity contribution < 1.29 is 0 Å². The summed E-state index contributed by atoms with van der Waals surface area (Å²) in [7, 11) is 0. The Labute approximate surface area is 97.5 Å². The van der Waals surface area contributed by atoms with E-state index in [1.165, 1.54) is 43.4 Å². The first kappa shape index (κ1) is 11.1. The molecule has 0 aliphatic carbocycles. The lowest BCUT2D eigenvalue weighted by molar-refractivity contribution is 0.458. The monoisotopic (exact) mass is 220 g/mol. The van der Waals surface area contributed by atoms with Crippen molar-refractivity contribution in [3.8, 4) is 0 Å². The molecule has 1 atom stereocenters. The zero-order chi connectivity index (χ0) is 10.6. The first-order valence-electron chi connectivity index (χ1n) is 6.02. The minimum Gasteiger partial charge on any atom is -0.155 e. The van der Waals surface area contributed by atoms with Gasteiger partial charge < -0.3 is 0 Å². The topological polar surface area (TPSA) is 0 Å². The summed E-state index contributed by atoms with van der Waals surface area (Å²) >= 11 is 2.20. The second-order valence-electron chi connectivity index (χ2n) is 4.52. The molecule has 0 N–H and O–H groups in total. The molecule has 0 spiro atoms. The summed E-state index contributed by atoms with van der Waals surface area (Å²) in [6, 6.07) is 10.9. The van der Waals surface area contributed by atoms with E-state index in [1.54, 1.807) is 0 Å². The first-order chi connectivity index (χ1) is 7.35. The van der Waals surface area contributed by atoms with Crippen molar-refractivity contribution in [1.82, 2.24) is 0 Å². The van der Waals surface area contributed by atoms with E-state index >= 15 is 0 Å². The normalized spacial score (nSPS) is 24.9. The Hall–Kier alpha value is -0.430. The minimum absolute atomic E-state index is 0.643. The van der Waals surface area contributed by atoms with Gasteiger partial charge in [-0.1, -0.05) is 43.7 Å². The highest BCUT2D eigenvalue weighted by atomic mass is 32.2. The van der Waals surface area contributed by atoms with Crippen LogP contribution in [0.1, 0.15) is 38.2 Å². The summed E-state index contributed by atoms with van der Waals surface area (Å²) in [4.78, 5) is 0. The summed E-state index contributed by atoms with van der Waals surface area (Å²) in [6.45, 7) is 2.31. The molecule has 0 nitrogen and oxygen atoms in total. The van der Waals surface area contributed by atoms with Crippen molar-refractivity contribution >= 4 is 11.8 Å². The van der Waals surface area contributed by atoms with Crippen molar-refractivity contribution in [3.05, 3.63) is 35.9 Å². The van der Waals surface area contributed by atoms with Gasteiger partial charge in [0.1, 0.15) is 0 Å². The van der Waals surface area contributed by atoms with Crippen LogP contribution in [0.4, 0.5) is 0 Å². The van der Waals surface area contributed by atoms with Crippen LogP contribution in [0.5, 0.6) is 0 Å². The van der Waals surface area contributed by atoms with E-state index in [1.807, 2.05) is 0 Å². The number of hydrogen-bond donors (Lipinski definition) is 0. The van der Waals surface area contributed by atoms with Crippen molar-refractivity contribution in [3.63, 3.8) is 0 Å². The molecular weight excluding hydrogens is 200 g/mol. The molecule has 1 heterocycles. The van der Waals surface area contributed by atoms with Gasteiger partial charge in [0.15, 0.2) is 0 Å². The molecule has 15 heavy (non-hydrogen) atoms. The van der Waals surface area contributed by atoms with Crippen LogP contribution in [0.3, 0.4) is 0 Å². The lowest BCUT2D eigenvalue weighted by atomic mass is 9.91. The van der Waals surface area contributed by atoms with Gasteiger partial charge in [0.25, 0.3) is 0 Å². The molecule has 1 heteroatoms. The van der Waals surface area contributed by atoms with E-state index < -0.39 is 0 Å². The third kappa shape index (κ3) is 2.78. The second-order valence-corrected chi connectivity index (χ2v) is 6.08. The van der Waals surface area contributed by atoms with Crippen molar-refractivity contribution in [2.24, 2.45) is 0 Å². The van der Waals surface area contributed by atoms with Gasteiger partial charge in [0.2, 0.25) is 0 Å². The molecule has 1 aromatic rings. The fourth-order valence-corrected chi connectivity index (χ4v) is 3.76. The molecule has 0 amide bonds. The zero-order valence-corrected chi connectivity index (χ0v) is 10.4. The summed E-state index contributed by atoms with van der Waals surface area (Å²) in [5.74, 6) is 1.38. The number of rotatable bonds is 5. The van der Waals surface area contributed by atoms with Gasteiger partial charge in [-0.25, -0.2) is 0 Å². The molecule has 1 saturated heterocycles. The number of aryl methyl sites for hydroxylation is 1. The molecule has 0 aromatic heterocycles. The Balaban J connectivity index is 1.86. The third-order valence-corrected chi connectivity index (χ3v) is 5.02. The lowest BCUT2D eigenvalue weighted by Gasteiger charge is -2.41. The van der Waals surface area contributed by atoms with Crippen LogP contribution in [0.15, 0.2) is 30.3 Å². The molecule has 0 bridgehead atoms. The maximum absolute atomic E-state index is 2.31. The van der Waals surface area contributed by atoms with Gasteiger partial charge >= 0.3 is 0 Å². The average molecular weight is 220 g/mol. The second kappa shape index (κ2) is 5.07. The van der Waals surface area contributed by atoms with Gasteiger partial charge in [-0.3, -0.25) is 0 Å². The van der Waals surface area contributed by atoms with E-state index in [4.69, 9.17) is 0 Å². The number of thioether (sulfide) groups is 1. The van der Waals surface area contributed by atoms with Gasteiger partial charge in [-0.2, -0.15) is 11.8 Å². The Morgan fingerprint density at radius 2 is 1.93 bits per heavy atom. The fraction of sp³-hybridized carbons (Fsp3) is 0.571. The average Bonchev–Trinajstić information content (AvgIpc) is 2.23. The molecule has 1 aliphatic rings. The van der Waals surface area contributed by atoms with Crippen LogP contribution < -0.4 is 0 Å². The standard InChI is InChI=1S/C14H20S/c1-2-9-14(11-12-15-14)10-8-13-6-4-3-5-7-13/h3-7H,2,8-12H2,1H3. The highest BCUT2D eigenvalue weighted by Gasteiger charge is 2.36. The van der Waals surface area contributed by atoms with Crippen LogP contribution in [0.25, 0.3) is 0 Å². The van der Waals surface area contributed by atoms with Gasteiger partial charge in [0.05, 0.1) is 0 Å². The zero-order valence-electron chi connectivity index (χ0n) is 9.54. The van der Waals surface area contributed by atoms with Crippen molar-refractivity contribution in [2.45, 2.75) is 43.8 Å². The van der Waals surface area contributed by atoms with E-state index in [9.17, 15) is 0 Å². The van der Waals surface area contributed by atoms with Crippen LogP contribution in [0.2, 0.25) is 0 Å². The lowest BCUT2D eigenvalue weighted by Crippen LogP contribution is -2.34. The minimum atomic E-state index is 0.643. The molecule has 1 aliphatic heterocycles. The van der Waals surface area contributed by atoms with Crippen LogP contribution >= 0.6 is 11.8 Å². The predicted molar refractivity (Wildman–Crippen MR) is 69.5 cm³/mol. The maximum Gasteiger partial charge on any atom is 0.0171 e. The van der Waals surface area contributed by atoms with Crippen LogP contribution in [-0.4, -0.2) is 10.5 Å². The molecule has 1 aromatic carbocycles. The molecular formula is C14H20S. The molecule has 2 rings (SSSR count). The van der Waals surface area contributed by atoms with Crippen LogP contribution in [-0.2, 0) is 6.42 Å². The summed E-state index contributed by atoms with van der Waals surface area (Å²) in [5, 5.41) is 0. The van der Waals surface area contributed by atoms with Gasteiger partial charge in [-0.15, -0.1) is 0 Å². The SMILES string of the molecule is CCCC1(CCc2ccccc2)CCS1. The summed E-state index contributed by atoms with van der Waals surface area (Å²) in [5.41, 5.74) is 1.50. The Bertz CT molecular complexity index is 287. The third-order valence-electron chi connectivity index (χ3n) is 3.38. The summed E-state index contributed by atoms with van der Waals surface area (Å²) < 4.78 is 0.643. The van der Waals surface area contributed by atoms with E-state index in [0.717, 1.165) is 0 Å².